The van der Waals surface area contributed by atoms with Crippen LogP contribution in [0.15, 0.2) is 18.2 Å². The van der Waals surface area contributed by atoms with Gasteiger partial charge in [-0.3, -0.25) is 0 Å². The number of ether oxygens (including phenoxy) is 1. The van der Waals surface area contributed by atoms with Crippen LogP contribution in [-0.4, -0.2) is 22.8 Å². The Kier molecular flexibility index (Phi) is 3.80. The molecule has 0 fully saturated rings. The van der Waals surface area contributed by atoms with Crippen molar-refractivity contribution >= 4 is 11.0 Å². The van der Waals surface area contributed by atoms with Crippen molar-refractivity contribution in [2.75, 3.05) is 13.2 Å². The molecule has 0 aliphatic heterocycles. The summed E-state index contributed by atoms with van der Waals surface area (Å²) in [5, 5.41) is 0. The summed E-state index contributed by atoms with van der Waals surface area (Å²) in [5.74, 6) is 0.689. The number of nitrogens with zero attached hydrogens (tertiary/aromatic N) is 2. The summed E-state index contributed by atoms with van der Waals surface area (Å²) < 4.78 is 45.0. The minimum atomic E-state index is -4.34. The molecule has 0 unspecified atom stereocenters. The maximum Gasteiger partial charge on any atom is 0.416 e. The van der Waals surface area contributed by atoms with E-state index in [0.717, 1.165) is 12.1 Å². The number of benzene rings is 1. The van der Waals surface area contributed by atoms with Crippen molar-refractivity contribution in [1.82, 2.24) is 9.55 Å². The average molecular weight is 272 g/mol. The number of fused-ring (bicyclic) bond motifs is 1. The van der Waals surface area contributed by atoms with Crippen LogP contribution in [0.4, 0.5) is 13.2 Å². The Morgan fingerprint density at radius 3 is 2.68 bits per heavy atom. The number of rotatable bonds is 4. The Morgan fingerprint density at radius 2 is 2.05 bits per heavy atom. The first-order valence-corrected chi connectivity index (χ1v) is 6.05. The van der Waals surface area contributed by atoms with Crippen LogP contribution in [0.2, 0.25) is 0 Å². The first-order valence-electron chi connectivity index (χ1n) is 6.05. The van der Waals surface area contributed by atoms with Crippen LogP contribution in [0.1, 0.15) is 18.3 Å². The van der Waals surface area contributed by atoms with Crippen molar-refractivity contribution in [3.63, 3.8) is 0 Å². The third-order valence-electron chi connectivity index (χ3n) is 2.93. The van der Waals surface area contributed by atoms with Crippen molar-refractivity contribution in [3.8, 4) is 0 Å². The van der Waals surface area contributed by atoms with E-state index in [1.165, 1.54) is 6.07 Å². The molecule has 0 saturated carbocycles. The molecule has 6 heteroatoms. The van der Waals surface area contributed by atoms with Gasteiger partial charge < -0.3 is 9.30 Å². The normalized spacial score (nSPS) is 12.3. The zero-order chi connectivity index (χ0) is 14.0. The lowest BCUT2D eigenvalue weighted by atomic mass is 10.2. The van der Waals surface area contributed by atoms with E-state index in [-0.39, 0.29) is 0 Å². The van der Waals surface area contributed by atoms with E-state index in [1.54, 1.807) is 6.92 Å². The maximum absolute atomic E-state index is 12.6. The van der Waals surface area contributed by atoms with Crippen LogP contribution in [-0.2, 0) is 17.5 Å². The molecule has 3 nitrogen and oxygen atoms in total. The van der Waals surface area contributed by atoms with Crippen molar-refractivity contribution in [1.29, 1.82) is 0 Å². The second kappa shape index (κ2) is 5.21. The number of aryl methyl sites for hydroxylation is 1. The van der Waals surface area contributed by atoms with Crippen molar-refractivity contribution in [3.05, 3.63) is 29.6 Å². The third-order valence-corrected chi connectivity index (χ3v) is 2.93. The highest BCUT2D eigenvalue weighted by Gasteiger charge is 2.30. The molecule has 0 atom stereocenters. The molecule has 0 N–H and O–H groups in total. The van der Waals surface area contributed by atoms with Gasteiger partial charge in [0.25, 0.3) is 0 Å². The van der Waals surface area contributed by atoms with Crippen LogP contribution < -0.4 is 0 Å². The van der Waals surface area contributed by atoms with Crippen molar-refractivity contribution < 1.29 is 17.9 Å². The first kappa shape index (κ1) is 13.9. The summed E-state index contributed by atoms with van der Waals surface area (Å²) in [6.07, 6.45) is -4.34. The smallest absolute Gasteiger partial charge is 0.380 e. The van der Waals surface area contributed by atoms with Gasteiger partial charge in [0, 0.05) is 13.2 Å². The third kappa shape index (κ3) is 2.89. The second-order valence-electron chi connectivity index (χ2n) is 4.21. The summed E-state index contributed by atoms with van der Waals surface area (Å²) in [4.78, 5) is 4.17. The fourth-order valence-corrected chi connectivity index (χ4v) is 2.01. The number of imidazole rings is 1. The van der Waals surface area contributed by atoms with Crippen LogP contribution in [0.3, 0.4) is 0 Å². The number of alkyl halides is 3. The van der Waals surface area contributed by atoms with E-state index in [1.807, 2.05) is 11.5 Å². The molecule has 2 rings (SSSR count). The van der Waals surface area contributed by atoms with Crippen LogP contribution in [0, 0.1) is 6.92 Å². The summed E-state index contributed by atoms with van der Waals surface area (Å²) in [7, 11) is 0. The molecule has 104 valence electrons. The molecule has 19 heavy (non-hydrogen) atoms. The molecule has 2 aromatic rings. The second-order valence-corrected chi connectivity index (χ2v) is 4.21. The molecule has 1 aromatic carbocycles. The number of halogens is 3. The Labute approximate surface area is 109 Å². The summed E-state index contributed by atoms with van der Waals surface area (Å²) in [6, 6.07) is 3.63. The number of aromatic nitrogens is 2. The van der Waals surface area contributed by atoms with Crippen LogP contribution >= 0.6 is 0 Å². The van der Waals surface area contributed by atoms with Gasteiger partial charge in [-0.2, -0.15) is 13.2 Å². The predicted molar refractivity (Wildman–Crippen MR) is 66.0 cm³/mol. The van der Waals surface area contributed by atoms with E-state index in [4.69, 9.17) is 4.74 Å². The highest BCUT2D eigenvalue weighted by molar-refractivity contribution is 5.77. The topological polar surface area (TPSA) is 27.1 Å². The minimum absolute atomic E-state index is 0.365. The largest absolute Gasteiger partial charge is 0.416 e. The summed E-state index contributed by atoms with van der Waals surface area (Å²) >= 11 is 0. The standard InChI is InChI=1S/C13H15F3N2O/c1-3-19-7-6-18-9(2)17-11-8-10(13(14,15)16)4-5-12(11)18/h4-5,8H,3,6-7H2,1-2H3. The Morgan fingerprint density at radius 1 is 1.32 bits per heavy atom. The summed E-state index contributed by atoms with van der Waals surface area (Å²) in [6.45, 7) is 5.39. The van der Waals surface area contributed by atoms with Gasteiger partial charge in [0.2, 0.25) is 0 Å². The molecule has 0 aliphatic rings. The quantitative estimate of drug-likeness (QED) is 0.798. The highest BCUT2D eigenvalue weighted by Crippen LogP contribution is 2.31. The molecule has 0 radical (unpaired) electrons. The average Bonchev–Trinajstić information content (AvgIpc) is 2.64. The van der Waals surface area contributed by atoms with E-state index in [2.05, 4.69) is 4.98 Å². The number of hydrogen-bond donors (Lipinski definition) is 0. The molecule has 0 aliphatic carbocycles. The molecule has 1 heterocycles. The molecule has 0 saturated heterocycles. The van der Waals surface area contributed by atoms with Gasteiger partial charge in [0.05, 0.1) is 23.2 Å². The monoisotopic (exact) mass is 272 g/mol. The van der Waals surface area contributed by atoms with Gasteiger partial charge in [-0.25, -0.2) is 4.98 Å². The van der Waals surface area contributed by atoms with Crippen LogP contribution in [0.5, 0.6) is 0 Å². The predicted octanol–water partition coefficient (Wildman–Crippen LogP) is 3.40. The van der Waals surface area contributed by atoms with Gasteiger partial charge in [0.15, 0.2) is 0 Å². The fourth-order valence-electron chi connectivity index (χ4n) is 2.01. The summed E-state index contributed by atoms with van der Waals surface area (Å²) in [5.41, 5.74) is 0.392. The lowest BCUT2D eigenvalue weighted by Crippen LogP contribution is -2.07. The molecule has 0 bridgehead atoms. The highest BCUT2D eigenvalue weighted by atomic mass is 19.4. The first-order chi connectivity index (χ1) is 8.93. The SMILES string of the molecule is CCOCCn1c(C)nc2cc(C(F)(F)F)ccc21. The van der Waals surface area contributed by atoms with Crippen molar-refractivity contribution in [2.24, 2.45) is 0 Å². The molecule has 1 aromatic heterocycles. The van der Waals surface area contributed by atoms with E-state index in [0.29, 0.717) is 36.6 Å². The van der Waals surface area contributed by atoms with Crippen molar-refractivity contribution in [2.45, 2.75) is 26.6 Å². The maximum atomic E-state index is 12.6. The molecular formula is C13H15F3N2O. The van der Waals surface area contributed by atoms with E-state index in [9.17, 15) is 13.2 Å². The Balaban J connectivity index is 2.37. The molecule has 0 amide bonds. The molecule has 0 spiro atoms. The van der Waals surface area contributed by atoms with Gasteiger partial charge in [0.1, 0.15) is 5.82 Å². The molecular weight excluding hydrogens is 257 g/mol. The Bertz CT molecular complexity index is 575. The fraction of sp³-hybridized carbons (Fsp3) is 0.462. The Hall–Kier alpha value is -1.56. The van der Waals surface area contributed by atoms with Gasteiger partial charge in [-0.15, -0.1) is 0 Å². The van der Waals surface area contributed by atoms with E-state index >= 15 is 0 Å². The van der Waals surface area contributed by atoms with Gasteiger partial charge >= 0.3 is 6.18 Å². The zero-order valence-electron chi connectivity index (χ0n) is 10.8. The van der Waals surface area contributed by atoms with Gasteiger partial charge in [-0.05, 0) is 32.0 Å². The lowest BCUT2D eigenvalue weighted by Gasteiger charge is -2.08. The van der Waals surface area contributed by atoms with Gasteiger partial charge in [-0.1, -0.05) is 0 Å². The zero-order valence-corrected chi connectivity index (χ0v) is 10.8. The minimum Gasteiger partial charge on any atom is -0.380 e. The van der Waals surface area contributed by atoms with E-state index < -0.39 is 11.7 Å². The number of hydrogen-bond acceptors (Lipinski definition) is 2. The lowest BCUT2D eigenvalue weighted by molar-refractivity contribution is -0.137. The van der Waals surface area contributed by atoms with Crippen LogP contribution in [0.25, 0.3) is 11.0 Å².